The van der Waals surface area contributed by atoms with Crippen LogP contribution in [0.15, 0.2) is 71.6 Å². The number of fused-ring (bicyclic) bond motifs is 3. The number of piperidine rings is 1. The molecule has 1 aliphatic carbocycles. The molecular weight excluding hydrogens is 649 g/mol. The lowest BCUT2D eigenvalue weighted by molar-refractivity contribution is 0.0851. The average molecular weight is 692 g/mol. The zero-order chi connectivity index (χ0) is 33.6. The summed E-state index contributed by atoms with van der Waals surface area (Å²) in [6.45, 7) is 3.18. The lowest BCUT2D eigenvalue weighted by Crippen LogP contribution is -2.47. The van der Waals surface area contributed by atoms with Gasteiger partial charge in [0.15, 0.2) is 0 Å². The highest BCUT2D eigenvalue weighted by Gasteiger charge is 2.44. The summed E-state index contributed by atoms with van der Waals surface area (Å²) in [6.07, 6.45) is 9.23. The lowest BCUT2D eigenvalue weighted by atomic mass is 9.66. The molecule has 0 spiro atoms. The minimum absolute atomic E-state index is 0.00250. The van der Waals surface area contributed by atoms with E-state index in [1.54, 1.807) is 0 Å². The van der Waals surface area contributed by atoms with Gasteiger partial charge in [-0.15, -0.1) is 0 Å². The van der Waals surface area contributed by atoms with Gasteiger partial charge in [0.25, 0.3) is 5.91 Å². The summed E-state index contributed by atoms with van der Waals surface area (Å²) in [5.41, 5.74) is 3.61. The molecule has 1 amide bonds. The Morgan fingerprint density at radius 2 is 1.65 bits per heavy atom. The summed E-state index contributed by atoms with van der Waals surface area (Å²) in [4.78, 5) is 20.4. The highest BCUT2D eigenvalue weighted by atomic mass is 35.5. The van der Waals surface area contributed by atoms with Crippen molar-refractivity contribution in [1.29, 1.82) is 0 Å². The van der Waals surface area contributed by atoms with Gasteiger partial charge in [-0.3, -0.25) is 9.69 Å². The number of carbonyl (C=O) groups is 1. The molecule has 2 N–H and O–H groups in total. The van der Waals surface area contributed by atoms with Gasteiger partial charge in [-0.2, -0.15) is 0 Å². The summed E-state index contributed by atoms with van der Waals surface area (Å²) < 4.78 is 43.7. The Bertz CT molecular complexity index is 1910. The number of para-hydroxylation sites is 2. The van der Waals surface area contributed by atoms with Crippen molar-refractivity contribution < 1.29 is 17.6 Å². The average Bonchev–Trinajstić information content (AvgIpc) is 3.54. The Morgan fingerprint density at radius 1 is 0.979 bits per heavy atom. The number of aryl methyl sites for hydroxylation is 1. The second-order valence-corrected chi connectivity index (χ2v) is 16.1. The second-order valence-electron chi connectivity index (χ2n) is 13.9. The van der Waals surface area contributed by atoms with Gasteiger partial charge in [-0.05, 0) is 114 Å². The van der Waals surface area contributed by atoms with Crippen molar-refractivity contribution in [3.8, 4) is 0 Å². The predicted octanol–water partition coefficient (Wildman–Crippen LogP) is 6.91. The number of hydrogen-bond donors (Lipinski definition) is 2. The molecule has 254 valence electrons. The first-order chi connectivity index (χ1) is 23.1. The van der Waals surface area contributed by atoms with E-state index in [1.165, 1.54) is 31.0 Å². The predicted molar refractivity (Wildman–Crippen MR) is 186 cm³/mol. The molecule has 2 unspecified atom stereocenters. The molecule has 3 aromatic carbocycles. The first-order valence-corrected chi connectivity index (χ1v) is 18.9. The van der Waals surface area contributed by atoms with Crippen molar-refractivity contribution >= 4 is 38.6 Å². The zero-order valence-electron chi connectivity index (χ0n) is 27.5. The van der Waals surface area contributed by atoms with E-state index in [-0.39, 0.29) is 22.0 Å². The van der Waals surface area contributed by atoms with E-state index >= 15 is 0 Å². The maximum atomic E-state index is 14.5. The summed E-state index contributed by atoms with van der Waals surface area (Å²) in [6, 6.07) is 22.7. The Morgan fingerprint density at radius 3 is 2.33 bits per heavy atom. The van der Waals surface area contributed by atoms with Crippen molar-refractivity contribution in [2.45, 2.75) is 99.2 Å². The quantitative estimate of drug-likeness (QED) is 0.199. The van der Waals surface area contributed by atoms with Crippen LogP contribution in [0.1, 0.15) is 85.6 Å². The molecule has 2 bridgehead atoms. The van der Waals surface area contributed by atoms with Gasteiger partial charge in [0.2, 0.25) is 10.0 Å². The van der Waals surface area contributed by atoms with Gasteiger partial charge in [0.05, 0.1) is 21.6 Å². The van der Waals surface area contributed by atoms with E-state index < -0.39 is 26.6 Å². The van der Waals surface area contributed by atoms with Gasteiger partial charge < -0.3 is 9.88 Å². The smallest absolute Gasteiger partial charge is 0.253 e. The molecule has 2 atom stereocenters. The molecule has 2 aliphatic heterocycles. The van der Waals surface area contributed by atoms with Crippen molar-refractivity contribution in [3.05, 3.63) is 94.5 Å². The Labute approximate surface area is 287 Å². The summed E-state index contributed by atoms with van der Waals surface area (Å²) >= 11 is 6.22. The maximum absolute atomic E-state index is 14.5. The molecule has 0 radical (unpaired) electrons. The molecule has 4 aromatic rings. The van der Waals surface area contributed by atoms with Crippen LogP contribution in [-0.2, 0) is 15.4 Å². The zero-order valence-corrected chi connectivity index (χ0v) is 29.0. The van der Waals surface area contributed by atoms with Gasteiger partial charge in [0, 0.05) is 24.2 Å². The number of rotatable bonds is 9. The van der Waals surface area contributed by atoms with Crippen LogP contribution in [0, 0.1) is 12.7 Å². The van der Waals surface area contributed by atoms with Gasteiger partial charge in [-0.1, -0.05) is 54.1 Å². The van der Waals surface area contributed by atoms with Gasteiger partial charge >= 0.3 is 0 Å². The van der Waals surface area contributed by atoms with E-state index in [9.17, 15) is 17.6 Å². The number of halogens is 2. The third kappa shape index (κ3) is 6.17. The number of carbonyl (C=O) groups excluding carboxylic acids is 1. The highest BCUT2D eigenvalue weighted by molar-refractivity contribution is 7.89. The molecule has 11 heteroatoms. The van der Waals surface area contributed by atoms with Crippen LogP contribution in [-0.4, -0.2) is 60.5 Å². The molecule has 8 nitrogen and oxygen atoms in total. The fraction of sp³-hybridized carbons (Fsp3) is 0.459. The molecule has 3 fully saturated rings. The fourth-order valence-electron chi connectivity index (χ4n) is 8.86. The van der Waals surface area contributed by atoms with E-state index in [4.69, 9.17) is 16.6 Å². The lowest BCUT2D eigenvalue weighted by Gasteiger charge is -2.45. The summed E-state index contributed by atoms with van der Waals surface area (Å²) in [5.74, 6) is -0.393. The molecule has 2 saturated heterocycles. The third-order valence-electron chi connectivity index (χ3n) is 11.3. The number of hydrogen-bond acceptors (Lipinski definition) is 5. The van der Waals surface area contributed by atoms with Crippen LogP contribution < -0.4 is 10.0 Å². The topological polar surface area (TPSA) is 96.3 Å². The summed E-state index contributed by atoms with van der Waals surface area (Å²) in [7, 11) is -2.90. The largest absolute Gasteiger partial charge is 0.349 e. The minimum Gasteiger partial charge on any atom is -0.349 e. The van der Waals surface area contributed by atoms with E-state index in [0.29, 0.717) is 18.1 Å². The number of nitrogens with one attached hydrogen (secondary N) is 2. The van der Waals surface area contributed by atoms with Crippen LogP contribution in [0.3, 0.4) is 0 Å². The standard InChI is InChI=1S/C37H43ClFN5O3S/c1-24-41-33-10-6-7-11-34(33)44(24)29-20-27-12-13-28(21-29)43(27)19-18-37(25-8-4-3-5-9-25)16-14-26(15-17-37)42-36(45)30-22-35(48(46,47)40-2)32(39)23-31(30)38/h3-11,22-23,26-29,40H,12-21H2,1-2H3,(H,42,45). The van der Waals surface area contributed by atoms with Gasteiger partial charge in [-0.25, -0.2) is 22.5 Å². The number of sulfonamides is 1. The minimum atomic E-state index is -4.10. The Hall–Kier alpha value is -3.31. The fourth-order valence-corrected chi connectivity index (χ4v) is 9.91. The highest BCUT2D eigenvalue weighted by Crippen LogP contribution is 2.46. The molecule has 48 heavy (non-hydrogen) atoms. The van der Waals surface area contributed by atoms with Gasteiger partial charge in [0.1, 0.15) is 16.5 Å². The molecule has 3 aliphatic rings. The number of amides is 1. The van der Waals surface area contributed by atoms with E-state index in [2.05, 4.69) is 81.0 Å². The molecule has 1 saturated carbocycles. The first kappa shape index (κ1) is 33.2. The van der Waals surface area contributed by atoms with Crippen LogP contribution in [0.2, 0.25) is 5.02 Å². The van der Waals surface area contributed by atoms with Crippen LogP contribution in [0.25, 0.3) is 11.0 Å². The van der Waals surface area contributed by atoms with Crippen molar-refractivity contribution in [2.75, 3.05) is 13.6 Å². The van der Waals surface area contributed by atoms with Crippen LogP contribution >= 0.6 is 11.6 Å². The normalized spacial score (nSPS) is 26.2. The maximum Gasteiger partial charge on any atom is 0.253 e. The molecule has 7 rings (SSSR count). The van der Waals surface area contributed by atoms with Crippen LogP contribution in [0.4, 0.5) is 4.39 Å². The molecule has 1 aromatic heterocycles. The molecular formula is C37H43ClFN5O3S. The number of imidazole rings is 1. The molecule has 3 heterocycles. The Balaban J connectivity index is 1.04. The van der Waals surface area contributed by atoms with Crippen molar-refractivity contribution in [2.24, 2.45) is 0 Å². The Kier molecular flexibility index (Phi) is 9.12. The van der Waals surface area contributed by atoms with Crippen LogP contribution in [0.5, 0.6) is 0 Å². The number of aromatic nitrogens is 2. The third-order valence-corrected chi connectivity index (χ3v) is 13.1. The second kappa shape index (κ2) is 13.2. The summed E-state index contributed by atoms with van der Waals surface area (Å²) in [5, 5.41) is 2.95. The van der Waals surface area contributed by atoms with Crippen molar-refractivity contribution in [1.82, 2.24) is 24.5 Å². The first-order valence-electron chi connectivity index (χ1n) is 17.1. The number of benzene rings is 3. The van der Waals surface area contributed by atoms with E-state index in [1.807, 2.05) is 0 Å². The monoisotopic (exact) mass is 691 g/mol. The number of nitrogens with zero attached hydrogens (tertiary/aromatic N) is 3. The van der Waals surface area contributed by atoms with Crippen molar-refractivity contribution in [3.63, 3.8) is 0 Å². The SMILES string of the molecule is CNS(=O)(=O)c1cc(C(=O)NC2CCC(CCN3C4CCC3CC(n3c(C)nc5ccccc53)C4)(c3ccccc3)CC2)c(Cl)cc1F. The van der Waals surface area contributed by atoms with E-state index in [0.717, 1.165) is 75.0 Å².